The molecule has 0 aromatic heterocycles. The van der Waals surface area contributed by atoms with Gasteiger partial charge >= 0.3 is 6.03 Å². The van der Waals surface area contributed by atoms with Crippen molar-refractivity contribution in [2.24, 2.45) is 0 Å². The maximum absolute atomic E-state index is 13.4. The summed E-state index contributed by atoms with van der Waals surface area (Å²) in [5.74, 6) is 1.93. The highest BCUT2D eigenvalue weighted by atomic mass is 16.3. The highest BCUT2D eigenvalue weighted by molar-refractivity contribution is 5.92. The minimum atomic E-state index is -0.906. The fourth-order valence-electron chi connectivity index (χ4n) is 4.46. The first-order valence-corrected chi connectivity index (χ1v) is 11.1. The van der Waals surface area contributed by atoms with E-state index in [9.17, 15) is 19.5 Å². The Kier molecular flexibility index (Phi) is 7.11. The van der Waals surface area contributed by atoms with E-state index in [1.807, 2.05) is 36.4 Å². The van der Waals surface area contributed by atoms with Crippen molar-refractivity contribution >= 4 is 17.8 Å². The lowest BCUT2D eigenvalue weighted by Crippen LogP contribution is -2.74. The molecule has 2 fully saturated rings. The zero-order valence-corrected chi connectivity index (χ0v) is 18.7. The monoisotopic (exact) mass is 461 g/mol. The zero-order chi connectivity index (χ0) is 24.1. The van der Waals surface area contributed by atoms with E-state index in [1.165, 1.54) is 19.8 Å². The van der Waals surface area contributed by atoms with Gasteiger partial charge in [-0.05, 0) is 11.1 Å². The van der Waals surface area contributed by atoms with Gasteiger partial charge in [0.15, 0.2) is 0 Å². The van der Waals surface area contributed by atoms with Gasteiger partial charge in [0.2, 0.25) is 11.8 Å². The molecule has 2 aliphatic heterocycles. The fraction of sp³-hybridized carbons (Fsp3) is 0.320. The molecule has 0 bridgehead atoms. The number of amides is 4. The molecule has 2 aliphatic rings. The van der Waals surface area contributed by atoms with Crippen molar-refractivity contribution in [3.05, 3.63) is 71.8 Å². The summed E-state index contributed by atoms with van der Waals surface area (Å²) in [5, 5.41) is 15.4. The molecule has 2 heterocycles. The van der Waals surface area contributed by atoms with Crippen molar-refractivity contribution in [2.75, 3.05) is 32.8 Å². The van der Waals surface area contributed by atoms with Crippen LogP contribution in [0.1, 0.15) is 17.2 Å². The summed E-state index contributed by atoms with van der Waals surface area (Å²) in [7, 11) is 0. The quantitative estimate of drug-likeness (QED) is 0.621. The molecule has 4 rings (SSSR count). The second kappa shape index (κ2) is 10.4. The topological polar surface area (TPSA) is 96.4 Å². The molecule has 2 N–H and O–H groups in total. The lowest BCUT2D eigenvalue weighted by Gasteiger charge is -2.54. The van der Waals surface area contributed by atoms with Crippen LogP contribution in [0.2, 0.25) is 0 Å². The van der Waals surface area contributed by atoms with E-state index in [0.717, 1.165) is 5.56 Å². The Labute approximate surface area is 198 Å². The van der Waals surface area contributed by atoms with Crippen LogP contribution in [0.25, 0.3) is 0 Å². The number of urea groups is 1. The number of rotatable bonds is 6. The number of fused-ring (bicyclic) bond motifs is 1. The Morgan fingerprint density at radius 2 is 1.76 bits per heavy atom. The molecule has 0 spiro atoms. The Hall–Kier alpha value is -3.87. The predicted octanol–water partition coefficient (Wildman–Crippen LogP) is 0.793. The summed E-state index contributed by atoms with van der Waals surface area (Å²) in [6, 6.07) is 17.1. The van der Waals surface area contributed by atoms with Crippen molar-refractivity contribution in [3.8, 4) is 12.3 Å². The van der Waals surface area contributed by atoms with Crippen LogP contribution in [-0.4, -0.2) is 81.7 Å². The number of hydrogen-bond donors (Lipinski definition) is 2. The molecule has 0 saturated carbocycles. The first-order chi connectivity index (χ1) is 16.5. The second-order valence-electron chi connectivity index (χ2n) is 8.12. The molecule has 4 amide bonds. The Bertz CT molecular complexity index is 1070. The van der Waals surface area contributed by atoms with Crippen LogP contribution in [0.4, 0.5) is 4.79 Å². The SMILES string of the molecule is C#CCN1CC(=O)N2C(CN(CCO)C(=O)[C@@H]2c2ccccc2)N1C(=O)NCc1ccccc1. The average Bonchev–Trinajstić information content (AvgIpc) is 2.85. The summed E-state index contributed by atoms with van der Waals surface area (Å²) >= 11 is 0. The van der Waals surface area contributed by atoms with Crippen LogP contribution < -0.4 is 5.32 Å². The molecule has 2 atom stereocenters. The summed E-state index contributed by atoms with van der Waals surface area (Å²) in [5.41, 5.74) is 1.57. The molecule has 2 saturated heterocycles. The van der Waals surface area contributed by atoms with E-state index in [1.54, 1.807) is 24.3 Å². The first kappa shape index (κ1) is 23.3. The number of terminal acetylenes is 1. The molecule has 2 aromatic carbocycles. The number of carbonyl (C=O) groups excluding carboxylic acids is 3. The highest BCUT2D eigenvalue weighted by Gasteiger charge is 2.51. The number of aliphatic hydroxyl groups excluding tert-OH is 1. The maximum Gasteiger partial charge on any atom is 0.334 e. The van der Waals surface area contributed by atoms with Gasteiger partial charge in [-0.25, -0.2) is 9.80 Å². The van der Waals surface area contributed by atoms with Crippen molar-refractivity contribution in [2.45, 2.75) is 18.8 Å². The Balaban J connectivity index is 1.69. The number of piperazine rings is 1. The van der Waals surface area contributed by atoms with Crippen LogP contribution in [0.5, 0.6) is 0 Å². The van der Waals surface area contributed by atoms with Crippen LogP contribution >= 0.6 is 0 Å². The maximum atomic E-state index is 13.4. The van der Waals surface area contributed by atoms with Crippen molar-refractivity contribution in [3.63, 3.8) is 0 Å². The van der Waals surface area contributed by atoms with Gasteiger partial charge in [0.25, 0.3) is 0 Å². The average molecular weight is 462 g/mol. The predicted molar refractivity (Wildman–Crippen MR) is 124 cm³/mol. The van der Waals surface area contributed by atoms with E-state index in [-0.39, 0.29) is 44.6 Å². The van der Waals surface area contributed by atoms with Gasteiger partial charge < -0.3 is 20.2 Å². The molecule has 176 valence electrons. The van der Waals surface area contributed by atoms with Gasteiger partial charge in [0, 0.05) is 13.1 Å². The standard InChI is InChI=1S/C25H27N5O4/c1-2-13-28-18-22(32)29-21(30(28)25(34)26-16-19-9-5-3-6-10-19)17-27(14-15-31)24(33)23(29)20-11-7-4-8-12-20/h1,3-12,21,23,31H,13-18H2,(H,26,34)/t21?,23-/m0/s1. The number of hydrazine groups is 1. The smallest absolute Gasteiger partial charge is 0.334 e. The van der Waals surface area contributed by atoms with E-state index in [2.05, 4.69) is 11.2 Å². The van der Waals surface area contributed by atoms with Gasteiger partial charge in [0.1, 0.15) is 12.2 Å². The van der Waals surface area contributed by atoms with Gasteiger partial charge in [-0.3, -0.25) is 9.59 Å². The van der Waals surface area contributed by atoms with Gasteiger partial charge in [-0.15, -0.1) is 6.42 Å². The number of nitrogens with zero attached hydrogens (tertiary/aromatic N) is 4. The summed E-state index contributed by atoms with van der Waals surface area (Å²) in [6.07, 6.45) is 4.77. The fourth-order valence-corrected chi connectivity index (χ4v) is 4.46. The normalized spacial score (nSPS) is 20.6. The minimum Gasteiger partial charge on any atom is -0.395 e. The molecule has 9 heteroatoms. The number of carbonyl (C=O) groups is 3. The minimum absolute atomic E-state index is 0.0544. The van der Waals surface area contributed by atoms with Gasteiger partial charge in [-0.2, -0.15) is 5.01 Å². The summed E-state index contributed by atoms with van der Waals surface area (Å²) < 4.78 is 0. The molecule has 34 heavy (non-hydrogen) atoms. The molecule has 2 aromatic rings. The van der Waals surface area contributed by atoms with Crippen molar-refractivity contribution in [1.29, 1.82) is 0 Å². The molecule has 1 unspecified atom stereocenters. The van der Waals surface area contributed by atoms with E-state index in [0.29, 0.717) is 12.1 Å². The number of nitrogens with one attached hydrogen (secondary N) is 1. The molecule has 9 nitrogen and oxygen atoms in total. The summed E-state index contributed by atoms with van der Waals surface area (Å²) in [4.78, 5) is 43.0. The number of hydrogen-bond acceptors (Lipinski definition) is 5. The molecule has 0 aliphatic carbocycles. The Morgan fingerprint density at radius 1 is 1.09 bits per heavy atom. The number of benzene rings is 2. The van der Waals surface area contributed by atoms with E-state index in [4.69, 9.17) is 6.42 Å². The van der Waals surface area contributed by atoms with E-state index < -0.39 is 18.2 Å². The second-order valence-corrected chi connectivity index (χ2v) is 8.12. The lowest BCUT2D eigenvalue weighted by molar-refractivity contribution is -0.189. The molecular weight excluding hydrogens is 434 g/mol. The molecule has 0 radical (unpaired) electrons. The third kappa shape index (κ3) is 4.59. The number of β-amino-alcohol motifs (C(OH)–C–C–N with tert-alkyl or cyclic N) is 1. The van der Waals surface area contributed by atoms with Crippen LogP contribution in [-0.2, 0) is 16.1 Å². The largest absolute Gasteiger partial charge is 0.395 e. The number of aliphatic hydroxyl groups is 1. The van der Waals surface area contributed by atoms with Crippen LogP contribution in [0.3, 0.4) is 0 Å². The first-order valence-electron chi connectivity index (χ1n) is 11.1. The zero-order valence-electron chi connectivity index (χ0n) is 18.7. The Morgan fingerprint density at radius 3 is 2.41 bits per heavy atom. The van der Waals surface area contributed by atoms with Crippen molar-refractivity contribution < 1.29 is 19.5 Å². The van der Waals surface area contributed by atoms with Crippen molar-refractivity contribution in [1.82, 2.24) is 25.1 Å². The lowest BCUT2D eigenvalue weighted by atomic mass is 9.99. The molecular formula is C25H27N5O4. The van der Waals surface area contributed by atoms with Gasteiger partial charge in [0.05, 0.1) is 26.2 Å². The third-order valence-corrected chi connectivity index (χ3v) is 5.98. The third-order valence-electron chi connectivity index (χ3n) is 5.98. The highest BCUT2D eigenvalue weighted by Crippen LogP contribution is 2.34. The van der Waals surface area contributed by atoms with E-state index >= 15 is 0 Å². The van der Waals surface area contributed by atoms with Gasteiger partial charge in [-0.1, -0.05) is 66.6 Å². The van der Waals surface area contributed by atoms with Crippen LogP contribution in [0.15, 0.2) is 60.7 Å². The van der Waals surface area contributed by atoms with Crippen LogP contribution in [0, 0.1) is 12.3 Å². The summed E-state index contributed by atoms with van der Waals surface area (Å²) in [6.45, 7) is 0.142.